The van der Waals surface area contributed by atoms with Crippen LogP contribution in [0.2, 0.25) is 5.02 Å². The number of anilines is 2. The van der Waals surface area contributed by atoms with E-state index in [4.69, 9.17) is 11.6 Å². The molecule has 0 aliphatic rings. The van der Waals surface area contributed by atoms with Gasteiger partial charge in [-0.2, -0.15) is 0 Å². The van der Waals surface area contributed by atoms with Crippen molar-refractivity contribution in [3.63, 3.8) is 0 Å². The summed E-state index contributed by atoms with van der Waals surface area (Å²) in [6.45, 7) is 0.107. The largest absolute Gasteiger partial charge is 0.376 e. The SMILES string of the molecule is CN(C)C(=O)Cc1ccccc1NCC(=O)Nc1ccc(Cl)cc1. The third-order valence-electron chi connectivity index (χ3n) is 3.43. The molecule has 0 spiro atoms. The van der Waals surface area contributed by atoms with Crippen LogP contribution in [0.3, 0.4) is 0 Å². The zero-order chi connectivity index (χ0) is 17.5. The number of nitrogens with zero attached hydrogens (tertiary/aromatic N) is 1. The molecule has 0 saturated heterocycles. The highest BCUT2D eigenvalue weighted by Gasteiger charge is 2.10. The van der Waals surface area contributed by atoms with Gasteiger partial charge in [0.2, 0.25) is 11.8 Å². The van der Waals surface area contributed by atoms with Crippen LogP contribution in [0.5, 0.6) is 0 Å². The highest BCUT2D eigenvalue weighted by atomic mass is 35.5. The van der Waals surface area contributed by atoms with Gasteiger partial charge >= 0.3 is 0 Å². The van der Waals surface area contributed by atoms with Gasteiger partial charge in [-0.1, -0.05) is 29.8 Å². The maximum Gasteiger partial charge on any atom is 0.243 e. The molecule has 24 heavy (non-hydrogen) atoms. The molecule has 0 aliphatic heterocycles. The average Bonchev–Trinajstić information content (AvgIpc) is 2.56. The molecule has 0 heterocycles. The second kappa shape index (κ2) is 8.36. The molecule has 0 bridgehead atoms. The lowest BCUT2D eigenvalue weighted by atomic mass is 10.1. The van der Waals surface area contributed by atoms with E-state index in [1.807, 2.05) is 24.3 Å². The lowest BCUT2D eigenvalue weighted by molar-refractivity contribution is -0.127. The summed E-state index contributed by atoms with van der Waals surface area (Å²) in [6, 6.07) is 14.4. The van der Waals surface area contributed by atoms with Crippen LogP contribution in [0.15, 0.2) is 48.5 Å². The summed E-state index contributed by atoms with van der Waals surface area (Å²) in [4.78, 5) is 25.5. The van der Waals surface area contributed by atoms with Gasteiger partial charge in [-0.15, -0.1) is 0 Å². The summed E-state index contributed by atoms with van der Waals surface area (Å²) in [5, 5.41) is 6.48. The second-order valence-corrected chi connectivity index (χ2v) is 5.97. The van der Waals surface area contributed by atoms with Crippen LogP contribution >= 0.6 is 11.6 Å². The van der Waals surface area contributed by atoms with Crippen molar-refractivity contribution in [3.8, 4) is 0 Å². The van der Waals surface area contributed by atoms with E-state index >= 15 is 0 Å². The number of carbonyl (C=O) groups excluding carboxylic acids is 2. The van der Waals surface area contributed by atoms with Gasteiger partial charge in [0.25, 0.3) is 0 Å². The van der Waals surface area contributed by atoms with E-state index in [2.05, 4.69) is 10.6 Å². The molecule has 2 amide bonds. The molecule has 2 rings (SSSR count). The maximum absolute atomic E-state index is 12.0. The summed E-state index contributed by atoms with van der Waals surface area (Å²) in [5.74, 6) is -0.166. The number of amides is 2. The Labute approximate surface area is 146 Å². The van der Waals surface area contributed by atoms with Gasteiger partial charge in [-0.3, -0.25) is 9.59 Å². The molecule has 2 aromatic carbocycles. The topological polar surface area (TPSA) is 61.4 Å². The highest BCUT2D eigenvalue weighted by molar-refractivity contribution is 6.30. The molecule has 126 valence electrons. The first-order chi connectivity index (χ1) is 11.5. The van der Waals surface area contributed by atoms with Crippen LogP contribution in [0.25, 0.3) is 0 Å². The van der Waals surface area contributed by atoms with Gasteiger partial charge in [-0.25, -0.2) is 0 Å². The number of nitrogens with one attached hydrogen (secondary N) is 2. The summed E-state index contributed by atoms with van der Waals surface area (Å²) < 4.78 is 0. The van der Waals surface area contributed by atoms with Crippen molar-refractivity contribution in [2.45, 2.75) is 6.42 Å². The standard InChI is InChI=1S/C18H20ClN3O2/c1-22(2)18(24)11-13-5-3-4-6-16(13)20-12-17(23)21-15-9-7-14(19)8-10-15/h3-10,20H,11-12H2,1-2H3,(H,21,23). The summed E-state index contributed by atoms with van der Waals surface area (Å²) >= 11 is 5.81. The van der Waals surface area contributed by atoms with Gasteiger partial charge < -0.3 is 15.5 Å². The van der Waals surface area contributed by atoms with E-state index in [9.17, 15) is 9.59 Å². The third-order valence-corrected chi connectivity index (χ3v) is 3.68. The van der Waals surface area contributed by atoms with Crippen LogP contribution in [0.4, 0.5) is 11.4 Å². The van der Waals surface area contributed by atoms with E-state index in [0.717, 1.165) is 11.3 Å². The summed E-state index contributed by atoms with van der Waals surface area (Å²) in [5.41, 5.74) is 2.32. The Morgan fingerprint density at radius 3 is 2.38 bits per heavy atom. The predicted octanol–water partition coefficient (Wildman–Crippen LogP) is 3.02. The lowest BCUT2D eigenvalue weighted by Gasteiger charge is -2.14. The van der Waals surface area contributed by atoms with E-state index in [1.54, 1.807) is 43.3 Å². The van der Waals surface area contributed by atoms with Crippen molar-refractivity contribution >= 4 is 34.8 Å². The number of rotatable bonds is 6. The molecule has 0 atom stereocenters. The fourth-order valence-corrected chi connectivity index (χ4v) is 2.21. The smallest absolute Gasteiger partial charge is 0.243 e. The van der Waals surface area contributed by atoms with Crippen molar-refractivity contribution in [2.24, 2.45) is 0 Å². The molecule has 0 radical (unpaired) electrons. The second-order valence-electron chi connectivity index (χ2n) is 5.53. The quantitative estimate of drug-likeness (QED) is 0.846. The molecule has 2 N–H and O–H groups in total. The van der Waals surface area contributed by atoms with Crippen molar-refractivity contribution in [3.05, 3.63) is 59.1 Å². The van der Waals surface area contributed by atoms with Crippen LogP contribution in [0.1, 0.15) is 5.56 Å². The Balaban J connectivity index is 1.95. The van der Waals surface area contributed by atoms with Gasteiger partial charge in [0.05, 0.1) is 13.0 Å². The van der Waals surface area contributed by atoms with Gasteiger partial charge in [0, 0.05) is 30.5 Å². The lowest BCUT2D eigenvalue weighted by Crippen LogP contribution is -2.25. The first kappa shape index (κ1) is 17.8. The van der Waals surface area contributed by atoms with Crippen LogP contribution < -0.4 is 10.6 Å². The maximum atomic E-state index is 12.0. The fourth-order valence-electron chi connectivity index (χ4n) is 2.08. The van der Waals surface area contributed by atoms with Crippen molar-refractivity contribution < 1.29 is 9.59 Å². The van der Waals surface area contributed by atoms with Crippen molar-refractivity contribution in [1.82, 2.24) is 4.90 Å². The molecule has 5 nitrogen and oxygen atoms in total. The van der Waals surface area contributed by atoms with Gasteiger partial charge in [-0.05, 0) is 35.9 Å². The fraction of sp³-hybridized carbons (Fsp3) is 0.222. The van der Waals surface area contributed by atoms with Crippen LogP contribution in [0, 0.1) is 0 Å². The van der Waals surface area contributed by atoms with Crippen molar-refractivity contribution in [1.29, 1.82) is 0 Å². The molecule has 0 fully saturated rings. The zero-order valence-corrected chi connectivity index (χ0v) is 14.4. The Morgan fingerprint density at radius 1 is 1.04 bits per heavy atom. The highest BCUT2D eigenvalue weighted by Crippen LogP contribution is 2.17. The first-order valence-corrected chi connectivity index (χ1v) is 7.91. The number of carbonyl (C=O) groups is 2. The van der Waals surface area contributed by atoms with Crippen molar-refractivity contribution in [2.75, 3.05) is 31.3 Å². The predicted molar refractivity (Wildman–Crippen MR) is 97.4 cm³/mol. The Bertz CT molecular complexity index is 714. The van der Waals surface area contributed by atoms with E-state index in [-0.39, 0.29) is 24.8 Å². The molecule has 0 saturated carbocycles. The molecular weight excluding hydrogens is 326 g/mol. The molecule has 0 aromatic heterocycles. The molecule has 0 aliphatic carbocycles. The Kier molecular flexibility index (Phi) is 6.21. The zero-order valence-electron chi connectivity index (χ0n) is 13.7. The Hall–Kier alpha value is -2.53. The number of likely N-dealkylation sites (N-methyl/N-ethyl adjacent to an activating group) is 1. The minimum Gasteiger partial charge on any atom is -0.376 e. The van der Waals surface area contributed by atoms with Crippen LogP contribution in [-0.2, 0) is 16.0 Å². The number of benzene rings is 2. The summed E-state index contributed by atoms with van der Waals surface area (Å²) in [7, 11) is 3.44. The Morgan fingerprint density at radius 2 is 1.71 bits per heavy atom. The molecule has 0 unspecified atom stereocenters. The molecule has 2 aromatic rings. The number of halogens is 1. The van der Waals surface area contributed by atoms with Gasteiger partial charge in [0.1, 0.15) is 0 Å². The number of para-hydroxylation sites is 1. The van der Waals surface area contributed by atoms with E-state index in [0.29, 0.717) is 10.7 Å². The molecular formula is C18H20ClN3O2. The minimum absolute atomic E-state index is 0.00913. The number of hydrogen-bond acceptors (Lipinski definition) is 3. The third kappa shape index (κ3) is 5.28. The summed E-state index contributed by atoms with van der Waals surface area (Å²) in [6.07, 6.45) is 0.287. The molecule has 6 heteroatoms. The first-order valence-electron chi connectivity index (χ1n) is 7.53. The van der Waals surface area contributed by atoms with E-state index in [1.165, 1.54) is 0 Å². The normalized spacial score (nSPS) is 10.1. The van der Waals surface area contributed by atoms with Crippen LogP contribution in [-0.4, -0.2) is 37.4 Å². The minimum atomic E-state index is -0.175. The van der Waals surface area contributed by atoms with Gasteiger partial charge in [0.15, 0.2) is 0 Å². The average molecular weight is 346 g/mol. The number of hydrogen-bond donors (Lipinski definition) is 2. The monoisotopic (exact) mass is 345 g/mol. The van der Waals surface area contributed by atoms with E-state index < -0.39 is 0 Å².